The average Bonchev–Trinajstić information content (AvgIpc) is 3.01. The first-order valence-electron chi connectivity index (χ1n) is 9.62. The highest BCUT2D eigenvalue weighted by molar-refractivity contribution is 6.32. The van der Waals surface area contributed by atoms with Crippen LogP contribution in [0, 0.1) is 5.92 Å². The molecule has 4 rings (SSSR count). The number of rotatable bonds is 4. The second-order valence-electron chi connectivity index (χ2n) is 7.61. The Kier molecular flexibility index (Phi) is 5.13. The molecule has 1 aromatic carbocycles. The molecular formula is C21H24ClNO4. The van der Waals surface area contributed by atoms with E-state index in [0.29, 0.717) is 29.7 Å². The quantitative estimate of drug-likeness (QED) is 0.734. The lowest BCUT2D eigenvalue weighted by Gasteiger charge is -2.30. The van der Waals surface area contributed by atoms with Crippen LogP contribution in [0.25, 0.3) is 6.08 Å². The number of ether oxygens (including phenoxy) is 2. The highest BCUT2D eigenvalue weighted by Gasteiger charge is 2.45. The molecule has 1 aromatic rings. The van der Waals surface area contributed by atoms with E-state index in [-0.39, 0.29) is 11.9 Å². The van der Waals surface area contributed by atoms with Gasteiger partial charge in [-0.15, -0.1) is 0 Å². The average molecular weight is 390 g/mol. The van der Waals surface area contributed by atoms with Crippen LogP contribution in [0.2, 0.25) is 5.02 Å². The van der Waals surface area contributed by atoms with Gasteiger partial charge in [-0.1, -0.05) is 49.8 Å². The number of nitrogens with zero attached hydrogens (tertiary/aromatic N) is 1. The molecule has 2 heterocycles. The smallest absolute Gasteiger partial charge is 0.328 e. The zero-order valence-electron chi connectivity index (χ0n) is 15.4. The van der Waals surface area contributed by atoms with Gasteiger partial charge in [0.05, 0.1) is 12.1 Å². The van der Waals surface area contributed by atoms with Crippen LogP contribution in [0.5, 0.6) is 5.75 Å². The first kappa shape index (κ1) is 18.4. The monoisotopic (exact) mass is 389 g/mol. The van der Waals surface area contributed by atoms with Crippen molar-refractivity contribution in [1.29, 1.82) is 0 Å². The second-order valence-corrected chi connectivity index (χ2v) is 8.02. The number of benzene rings is 1. The van der Waals surface area contributed by atoms with Gasteiger partial charge >= 0.3 is 5.97 Å². The van der Waals surface area contributed by atoms with Gasteiger partial charge in [-0.25, -0.2) is 4.79 Å². The third-order valence-corrected chi connectivity index (χ3v) is 6.24. The molecule has 0 N–H and O–H groups in total. The molecule has 144 valence electrons. The third kappa shape index (κ3) is 3.45. The molecule has 1 unspecified atom stereocenters. The zero-order valence-corrected chi connectivity index (χ0v) is 16.2. The Morgan fingerprint density at radius 2 is 2.11 bits per heavy atom. The number of methoxy groups -OCH3 is 1. The van der Waals surface area contributed by atoms with Gasteiger partial charge in [-0.3, -0.25) is 4.79 Å². The van der Waals surface area contributed by atoms with Gasteiger partial charge in [0.1, 0.15) is 11.8 Å². The SMILES string of the molecule is COC(=O)[C@H](CC1CCCCC1)N1CC2=Cc3c(Cl)cccc3OC2C1=O. The third-order valence-electron chi connectivity index (χ3n) is 5.92. The van der Waals surface area contributed by atoms with E-state index < -0.39 is 12.1 Å². The van der Waals surface area contributed by atoms with Gasteiger partial charge in [-0.2, -0.15) is 0 Å². The van der Waals surface area contributed by atoms with Crippen molar-refractivity contribution in [1.82, 2.24) is 4.90 Å². The highest BCUT2D eigenvalue weighted by Crippen LogP contribution is 2.39. The summed E-state index contributed by atoms with van der Waals surface area (Å²) in [4.78, 5) is 27.2. The van der Waals surface area contributed by atoms with E-state index in [4.69, 9.17) is 21.1 Å². The van der Waals surface area contributed by atoms with Crippen molar-refractivity contribution in [2.24, 2.45) is 5.92 Å². The van der Waals surface area contributed by atoms with E-state index in [1.165, 1.54) is 26.4 Å². The van der Waals surface area contributed by atoms with Crippen LogP contribution in [0.3, 0.4) is 0 Å². The molecule has 2 atom stereocenters. The van der Waals surface area contributed by atoms with Crippen molar-refractivity contribution in [2.75, 3.05) is 13.7 Å². The molecule has 1 saturated heterocycles. The van der Waals surface area contributed by atoms with Crippen molar-refractivity contribution in [3.8, 4) is 5.75 Å². The molecule has 0 bridgehead atoms. The number of fused-ring (bicyclic) bond motifs is 2. The first-order valence-corrected chi connectivity index (χ1v) is 10.00. The minimum Gasteiger partial charge on any atom is -0.475 e. The lowest BCUT2D eigenvalue weighted by Crippen LogP contribution is -2.46. The molecule has 0 aromatic heterocycles. The Labute approximate surface area is 164 Å². The maximum atomic E-state index is 13.1. The summed E-state index contributed by atoms with van der Waals surface area (Å²) in [5.41, 5.74) is 1.64. The largest absolute Gasteiger partial charge is 0.475 e. The van der Waals surface area contributed by atoms with Crippen LogP contribution in [0.4, 0.5) is 0 Å². The van der Waals surface area contributed by atoms with Gasteiger partial charge < -0.3 is 14.4 Å². The molecule has 27 heavy (non-hydrogen) atoms. The standard InChI is InChI=1S/C21H24ClNO4/c1-26-21(25)17(10-13-6-3-2-4-7-13)23-12-14-11-15-16(22)8-5-9-18(15)27-19(14)20(23)24/h5,8-9,11,13,17,19H,2-4,6-7,10,12H2,1H3/t17-,19?/m0/s1. The number of hydrogen-bond donors (Lipinski definition) is 0. The molecule has 6 heteroatoms. The molecule has 5 nitrogen and oxygen atoms in total. The van der Waals surface area contributed by atoms with Crippen LogP contribution in [-0.4, -0.2) is 42.6 Å². The molecule has 0 radical (unpaired) electrons. The van der Waals surface area contributed by atoms with Crippen LogP contribution in [0.15, 0.2) is 23.8 Å². The summed E-state index contributed by atoms with van der Waals surface area (Å²) in [6.07, 6.45) is 7.77. The fraction of sp³-hybridized carbons (Fsp3) is 0.524. The van der Waals surface area contributed by atoms with Crippen molar-refractivity contribution < 1.29 is 19.1 Å². The number of amides is 1. The number of esters is 1. The molecule has 3 aliphatic rings. The Bertz CT molecular complexity index is 784. The Morgan fingerprint density at radius 3 is 2.85 bits per heavy atom. The van der Waals surface area contributed by atoms with E-state index in [1.54, 1.807) is 17.0 Å². The maximum Gasteiger partial charge on any atom is 0.328 e. The number of carbonyl (C=O) groups is 2. The van der Waals surface area contributed by atoms with Crippen LogP contribution < -0.4 is 4.74 Å². The summed E-state index contributed by atoms with van der Waals surface area (Å²) in [5, 5.41) is 0.594. The van der Waals surface area contributed by atoms with Crippen molar-refractivity contribution >= 4 is 29.6 Å². The summed E-state index contributed by atoms with van der Waals surface area (Å²) >= 11 is 6.27. The number of hydrogen-bond acceptors (Lipinski definition) is 4. The van der Waals surface area contributed by atoms with Gasteiger partial charge in [0.25, 0.3) is 5.91 Å². The summed E-state index contributed by atoms with van der Waals surface area (Å²) in [6, 6.07) is 4.86. The van der Waals surface area contributed by atoms with E-state index >= 15 is 0 Å². The topological polar surface area (TPSA) is 55.8 Å². The van der Waals surface area contributed by atoms with E-state index in [0.717, 1.165) is 24.0 Å². The summed E-state index contributed by atoms with van der Waals surface area (Å²) in [7, 11) is 1.38. The lowest BCUT2D eigenvalue weighted by atomic mass is 9.84. The number of carbonyl (C=O) groups excluding carboxylic acids is 2. The maximum absolute atomic E-state index is 13.1. The van der Waals surface area contributed by atoms with Gasteiger partial charge in [-0.05, 0) is 36.1 Å². The van der Waals surface area contributed by atoms with Crippen molar-refractivity contribution in [2.45, 2.75) is 50.7 Å². The summed E-state index contributed by atoms with van der Waals surface area (Å²) < 4.78 is 11.0. The zero-order chi connectivity index (χ0) is 19.0. The minimum absolute atomic E-state index is 0.168. The van der Waals surface area contributed by atoms with E-state index in [1.807, 2.05) is 12.1 Å². The van der Waals surface area contributed by atoms with E-state index in [2.05, 4.69) is 0 Å². The second kappa shape index (κ2) is 7.55. The normalized spacial score (nSPS) is 23.2. The fourth-order valence-electron chi connectivity index (χ4n) is 4.48. The Balaban J connectivity index is 1.58. The summed E-state index contributed by atoms with van der Waals surface area (Å²) in [6.45, 7) is 0.376. The Hall–Kier alpha value is -2.01. The molecule has 0 spiro atoms. The number of likely N-dealkylation sites (tertiary alicyclic amines) is 1. The fourth-order valence-corrected chi connectivity index (χ4v) is 4.70. The number of halogens is 1. The minimum atomic E-state index is -0.672. The lowest BCUT2D eigenvalue weighted by molar-refractivity contribution is -0.153. The molecule has 2 aliphatic heterocycles. The Morgan fingerprint density at radius 1 is 1.33 bits per heavy atom. The molecule has 1 saturated carbocycles. The predicted octanol–water partition coefficient (Wildman–Crippen LogP) is 3.84. The van der Waals surface area contributed by atoms with E-state index in [9.17, 15) is 9.59 Å². The van der Waals surface area contributed by atoms with Crippen molar-refractivity contribution in [3.05, 3.63) is 34.4 Å². The van der Waals surface area contributed by atoms with Crippen LogP contribution in [0.1, 0.15) is 44.1 Å². The van der Waals surface area contributed by atoms with Gasteiger partial charge in [0, 0.05) is 12.1 Å². The summed E-state index contributed by atoms with van der Waals surface area (Å²) in [5.74, 6) is 0.551. The van der Waals surface area contributed by atoms with Crippen LogP contribution >= 0.6 is 11.6 Å². The highest BCUT2D eigenvalue weighted by atomic mass is 35.5. The van der Waals surface area contributed by atoms with Gasteiger partial charge in [0.15, 0.2) is 6.10 Å². The predicted molar refractivity (Wildman–Crippen MR) is 103 cm³/mol. The molecule has 1 amide bonds. The molecule has 2 fully saturated rings. The van der Waals surface area contributed by atoms with Crippen LogP contribution in [-0.2, 0) is 14.3 Å². The molecule has 1 aliphatic carbocycles. The molecular weight excluding hydrogens is 366 g/mol. The van der Waals surface area contributed by atoms with Gasteiger partial charge in [0.2, 0.25) is 0 Å². The van der Waals surface area contributed by atoms with Crippen molar-refractivity contribution in [3.63, 3.8) is 0 Å². The first-order chi connectivity index (χ1) is 13.1.